The zero-order valence-corrected chi connectivity index (χ0v) is 9.36. The molecule has 0 radical (unpaired) electrons. The van der Waals surface area contributed by atoms with E-state index in [4.69, 9.17) is 5.73 Å². The maximum absolute atomic E-state index is 13.0. The molecule has 3 nitrogen and oxygen atoms in total. The first-order valence-corrected chi connectivity index (χ1v) is 5.25. The Morgan fingerprint density at radius 1 is 1.22 bits per heavy atom. The molecule has 0 fully saturated rings. The van der Waals surface area contributed by atoms with Crippen LogP contribution in [0.25, 0.3) is 0 Å². The highest BCUT2D eigenvalue weighted by Crippen LogP contribution is 2.14. The molecule has 2 N–H and O–H groups in total. The van der Waals surface area contributed by atoms with Crippen molar-refractivity contribution < 1.29 is 13.6 Å². The minimum absolute atomic E-state index is 0.0178. The van der Waals surface area contributed by atoms with Crippen molar-refractivity contribution >= 4 is 11.6 Å². The van der Waals surface area contributed by atoms with E-state index in [1.807, 2.05) is 0 Å². The fraction of sp³-hybridized carbons (Fsp3) is 0.0769. The third kappa shape index (κ3) is 2.68. The van der Waals surface area contributed by atoms with Gasteiger partial charge in [-0.1, -0.05) is 6.07 Å². The maximum atomic E-state index is 13.0. The third-order valence-corrected chi connectivity index (χ3v) is 2.46. The van der Waals surface area contributed by atoms with E-state index < -0.39 is 17.4 Å². The molecule has 0 atom stereocenters. The van der Waals surface area contributed by atoms with Crippen LogP contribution in [0, 0.1) is 11.6 Å². The van der Waals surface area contributed by atoms with Crippen molar-refractivity contribution in [2.45, 2.75) is 6.42 Å². The SMILES string of the molecule is Nc1ncccc1CC(=O)c1cc(F)cc(F)c1. The Morgan fingerprint density at radius 3 is 2.50 bits per heavy atom. The smallest absolute Gasteiger partial charge is 0.167 e. The topological polar surface area (TPSA) is 56.0 Å². The lowest BCUT2D eigenvalue weighted by molar-refractivity contribution is 0.0992. The van der Waals surface area contributed by atoms with Crippen LogP contribution in [0.3, 0.4) is 0 Å². The average Bonchev–Trinajstić information content (AvgIpc) is 2.31. The van der Waals surface area contributed by atoms with E-state index in [1.54, 1.807) is 12.1 Å². The lowest BCUT2D eigenvalue weighted by Crippen LogP contribution is -2.07. The second-order valence-electron chi connectivity index (χ2n) is 3.81. The number of anilines is 1. The number of carbonyl (C=O) groups excluding carboxylic acids is 1. The normalized spacial score (nSPS) is 10.3. The van der Waals surface area contributed by atoms with Crippen molar-refractivity contribution in [3.05, 3.63) is 59.3 Å². The molecule has 1 heterocycles. The predicted octanol–water partition coefficient (Wildman–Crippen LogP) is 2.37. The summed E-state index contributed by atoms with van der Waals surface area (Å²) in [4.78, 5) is 15.7. The molecular weight excluding hydrogens is 238 g/mol. The van der Waals surface area contributed by atoms with Crippen LogP contribution in [-0.4, -0.2) is 10.8 Å². The van der Waals surface area contributed by atoms with Gasteiger partial charge in [-0.15, -0.1) is 0 Å². The molecule has 92 valence electrons. The fourth-order valence-corrected chi connectivity index (χ4v) is 1.59. The summed E-state index contributed by atoms with van der Waals surface area (Å²) in [5.74, 6) is -1.73. The number of hydrogen-bond acceptors (Lipinski definition) is 3. The minimum atomic E-state index is -0.780. The number of pyridine rings is 1. The molecule has 0 unspecified atom stereocenters. The molecule has 0 amide bonds. The number of rotatable bonds is 3. The second-order valence-corrected chi connectivity index (χ2v) is 3.81. The molecule has 2 aromatic rings. The van der Waals surface area contributed by atoms with Gasteiger partial charge in [0.2, 0.25) is 0 Å². The first-order chi connectivity index (χ1) is 8.56. The van der Waals surface area contributed by atoms with Crippen LogP contribution in [0.5, 0.6) is 0 Å². The first-order valence-electron chi connectivity index (χ1n) is 5.25. The lowest BCUT2D eigenvalue weighted by Gasteiger charge is -2.04. The van der Waals surface area contributed by atoms with Crippen LogP contribution >= 0.6 is 0 Å². The number of nitrogens with two attached hydrogens (primary N) is 1. The average molecular weight is 248 g/mol. The third-order valence-electron chi connectivity index (χ3n) is 2.46. The molecule has 0 spiro atoms. The van der Waals surface area contributed by atoms with E-state index >= 15 is 0 Å². The molecule has 0 aliphatic rings. The quantitative estimate of drug-likeness (QED) is 0.848. The van der Waals surface area contributed by atoms with E-state index in [0.29, 0.717) is 5.56 Å². The largest absolute Gasteiger partial charge is 0.383 e. The van der Waals surface area contributed by atoms with Crippen LogP contribution in [-0.2, 0) is 6.42 Å². The van der Waals surface area contributed by atoms with Crippen LogP contribution in [0.4, 0.5) is 14.6 Å². The van der Waals surface area contributed by atoms with Crippen LogP contribution in [0.15, 0.2) is 36.5 Å². The van der Waals surface area contributed by atoms with Crippen LogP contribution in [0.1, 0.15) is 15.9 Å². The minimum Gasteiger partial charge on any atom is -0.383 e. The number of ketones is 1. The highest BCUT2D eigenvalue weighted by molar-refractivity contribution is 5.98. The van der Waals surface area contributed by atoms with Crippen molar-refractivity contribution in [3.63, 3.8) is 0 Å². The number of nitrogen functional groups attached to an aromatic ring is 1. The molecule has 1 aromatic carbocycles. The van der Waals surface area contributed by atoms with E-state index in [-0.39, 0.29) is 17.8 Å². The Balaban J connectivity index is 2.25. The summed E-state index contributed by atoms with van der Waals surface area (Å²) >= 11 is 0. The molecule has 0 aliphatic heterocycles. The Labute approximate surface area is 102 Å². The summed E-state index contributed by atoms with van der Waals surface area (Å²) in [6.45, 7) is 0. The number of nitrogens with zero attached hydrogens (tertiary/aromatic N) is 1. The zero-order valence-electron chi connectivity index (χ0n) is 9.36. The van der Waals surface area contributed by atoms with Gasteiger partial charge in [0, 0.05) is 29.8 Å². The van der Waals surface area contributed by atoms with Crippen molar-refractivity contribution in [3.8, 4) is 0 Å². The first kappa shape index (κ1) is 12.2. The van der Waals surface area contributed by atoms with Crippen molar-refractivity contribution in [2.24, 2.45) is 0 Å². The highest BCUT2D eigenvalue weighted by Gasteiger charge is 2.12. The number of halogens is 2. The molecule has 0 bridgehead atoms. The summed E-state index contributed by atoms with van der Waals surface area (Å²) in [6, 6.07) is 6.01. The van der Waals surface area contributed by atoms with Crippen molar-refractivity contribution in [1.82, 2.24) is 4.98 Å². The Hall–Kier alpha value is -2.30. The molecule has 1 aromatic heterocycles. The molecule has 0 saturated heterocycles. The summed E-state index contributed by atoms with van der Waals surface area (Å²) in [6.07, 6.45) is 1.47. The van der Waals surface area contributed by atoms with E-state index in [0.717, 1.165) is 18.2 Å². The van der Waals surface area contributed by atoms with E-state index in [2.05, 4.69) is 4.98 Å². The number of carbonyl (C=O) groups is 1. The van der Waals surface area contributed by atoms with Gasteiger partial charge in [-0.05, 0) is 18.2 Å². The standard InChI is InChI=1S/C13H10F2N2O/c14-10-4-9(5-11(15)7-10)12(18)6-8-2-1-3-17-13(8)16/h1-5,7H,6H2,(H2,16,17). The van der Waals surface area contributed by atoms with Gasteiger partial charge < -0.3 is 5.73 Å². The summed E-state index contributed by atoms with van der Waals surface area (Å²) in [5, 5.41) is 0. The molecule has 5 heteroatoms. The van der Waals surface area contributed by atoms with Crippen molar-refractivity contribution in [1.29, 1.82) is 0 Å². The van der Waals surface area contributed by atoms with Gasteiger partial charge in [0.05, 0.1) is 0 Å². The Kier molecular flexibility index (Phi) is 3.32. The van der Waals surface area contributed by atoms with Gasteiger partial charge in [0.25, 0.3) is 0 Å². The van der Waals surface area contributed by atoms with Gasteiger partial charge >= 0.3 is 0 Å². The molecular formula is C13H10F2N2O. The van der Waals surface area contributed by atoms with Gasteiger partial charge in [-0.2, -0.15) is 0 Å². The van der Waals surface area contributed by atoms with Gasteiger partial charge in [-0.25, -0.2) is 13.8 Å². The van der Waals surface area contributed by atoms with E-state index in [9.17, 15) is 13.6 Å². The predicted molar refractivity (Wildman–Crippen MR) is 63.0 cm³/mol. The highest BCUT2D eigenvalue weighted by atomic mass is 19.1. The Bertz CT molecular complexity index is 579. The fourth-order valence-electron chi connectivity index (χ4n) is 1.59. The van der Waals surface area contributed by atoms with Gasteiger partial charge in [0.1, 0.15) is 17.5 Å². The Morgan fingerprint density at radius 2 is 1.89 bits per heavy atom. The number of hydrogen-bond donors (Lipinski definition) is 1. The monoisotopic (exact) mass is 248 g/mol. The zero-order chi connectivity index (χ0) is 13.1. The van der Waals surface area contributed by atoms with Crippen molar-refractivity contribution in [2.75, 3.05) is 5.73 Å². The number of Topliss-reactive ketones (excluding diaryl/α,β-unsaturated/α-hetero) is 1. The van der Waals surface area contributed by atoms with Gasteiger partial charge in [-0.3, -0.25) is 4.79 Å². The second kappa shape index (κ2) is 4.91. The van der Waals surface area contributed by atoms with E-state index in [1.165, 1.54) is 6.20 Å². The molecule has 2 rings (SSSR count). The summed E-state index contributed by atoms with van der Waals surface area (Å²) in [7, 11) is 0. The summed E-state index contributed by atoms with van der Waals surface area (Å²) in [5.41, 5.74) is 6.11. The summed E-state index contributed by atoms with van der Waals surface area (Å²) < 4.78 is 26.0. The lowest BCUT2D eigenvalue weighted by atomic mass is 10.0. The van der Waals surface area contributed by atoms with Crippen LogP contribution in [0.2, 0.25) is 0 Å². The molecule has 18 heavy (non-hydrogen) atoms. The molecule has 0 saturated carbocycles. The van der Waals surface area contributed by atoms with Crippen LogP contribution < -0.4 is 5.73 Å². The number of benzene rings is 1. The number of aromatic nitrogens is 1. The maximum Gasteiger partial charge on any atom is 0.167 e. The molecule has 0 aliphatic carbocycles. The van der Waals surface area contributed by atoms with Gasteiger partial charge in [0.15, 0.2) is 5.78 Å².